The molecule has 1 aliphatic rings. The highest BCUT2D eigenvalue weighted by Crippen LogP contribution is 2.22. The highest BCUT2D eigenvalue weighted by molar-refractivity contribution is 5.80. The summed E-state index contributed by atoms with van der Waals surface area (Å²) in [4.78, 5) is 31.8. The van der Waals surface area contributed by atoms with Gasteiger partial charge in [-0.15, -0.1) is 0 Å². The van der Waals surface area contributed by atoms with Gasteiger partial charge in [-0.25, -0.2) is 14.6 Å². The molecule has 1 aliphatic heterocycles. The first-order valence-electron chi connectivity index (χ1n) is 6.86. The molecule has 1 aromatic carbocycles. The average Bonchev–Trinajstić information content (AvgIpc) is 2.99. The summed E-state index contributed by atoms with van der Waals surface area (Å²) in [5.74, 6) is -1.06. The van der Waals surface area contributed by atoms with Crippen LogP contribution in [0.1, 0.15) is 17.0 Å². The molecule has 7 heteroatoms. The molecule has 0 aliphatic carbocycles. The number of carbonyl (C=O) groups excluding carboxylic acids is 1. The monoisotopic (exact) mass is 301 g/mol. The third-order valence-electron chi connectivity index (χ3n) is 3.62. The van der Waals surface area contributed by atoms with E-state index in [-0.39, 0.29) is 19.6 Å². The van der Waals surface area contributed by atoms with E-state index in [1.807, 2.05) is 30.3 Å². The smallest absolute Gasteiger partial charge is 0.411 e. The number of hydrogen-bond acceptors (Lipinski definition) is 4. The van der Waals surface area contributed by atoms with Crippen molar-refractivity contribution in [2.75, 3.05) is 0 Å². The lowest BCUT2D eigenvalue weighted by Gasteiger charge is -2.31. The fourth-order valence-electron chi connectivity index (χ4n) is 2.45. The number of imidazole rings is 1. The maximum atomic E-state index is 12.2. The van der Waals surface area contributed by atoms with Crippen molar-refractivity contribution in [1.82, 2.24) is 14.9 Å². The summed E-state index contributed by atoms with van der Waals surface area (Å²) in [6.45, 7) is 0.262. The van der Waals surface area contributed by atoms with Crippen LogP contribution < -0.4 is 0 Å². The van der Waals surface area contributed by atoms with Crippen molar-refractivity contribution in [3.8, 4) is 0 Å². The van der Waals surface area contributed by atoms with E-state index in [9.17, 15) is 14.7 Å². The molecule has 0 unspecified atom stereocenters. The zero-order chi connectivity index (χ0) is 15.5. The number of carboxylic acid groups (broad SMARTS) is 1. The standard InChI is InChI=1S/C15H15N3O4/c19-14(20)13-6-11-12(17-9-16-11)7-18(13)15(21)22-8-10-4-2-1-3-5-10/h1-5,9,13H,6-8H2,(H,16,17)(H,19,20)/t13-/m1/s1. The van der Waals surface area contributed by atoms with Crippen molar-refractivity contribution in [2.45, 2.75) is 25.6 Å². The summed E-state index contributed by atoms with van der Waals surface area (Å²) in [7, 11) is 0. The molecule has 114 valence electrons. The van der Waals surface area contributed by atoms with Gasteiger partial charge in [-0.3, -0.25) is 4.90 Å². The number of amides is 1. The minimum Gasteiger partial charge on any atom is -0.480 e. The summed E-state index contributed by atoms with van der Waals surface area (Å²) in [6, 6.07) is 8.29. The Balaban J connectivity index is 1.71. The van der Waals surface area contributed by atoms with Crippen molar-refractivity contribution in [3.63, 3.8) is 0 Å². The molecule has 1 atom stereocenters. The lowest BCUT2D eigenvalue weighted by atomic mass is 10.0. The summed E-state index contributed by atoms with van der Waals surface area (Å²) in [6.07, 6.45) is 1.04. The quantitative estimate of drug-likeness (QED) is 0.897. The number of aliphatic carboxylic acids is 1. The molecule has 2 aromatic rings. The molecule has 0 bridgehead atoms. The zero-order valence-corrected chi connectivity index (χ0v) is 11.7. The van der Waals surface area contributed by atoms with Gasteiger partial charge in [-0.1, -0.05) is 30.3 Å². The van der Waals surface area contributed by atoms with E-state index < -0.39 is 18.1 Å². The molecule has 2 heterocycles. The van der Waals surface area contributed by atoms with Gasteiger partial charge in [0.15, 0.2) is 0 Å². The number of hydrogen-bond donors (Lipinski definition) is 2. The number of benzene rings is 1. The van der Waals surface area contributed by atoms with Crippen molar-refractivity contribution in [3.05, 3.63) is 53.6 Å². The second kappa shape index (κ2) is 5.88. The van der Waals surface area contributed by atoms with Crippen LogP contribution in [0.4, 0.5) is 4.79 Å². The Morgan fingerprint density at radius 1 is 1.36 bits per heavy atom. The highest BCUT2D eigenvalue weighted by atomic mass is 16.6. The Kier molecular flexibility index (Phi) is 3.78. The van der Waals surface area contributed by atoms with Gasteiger partial charge in [0, 0.05) is 6.42 Å². The number of nitrogens with one attached hydrogen (secondary N) is 1. The lowest BCUT2D eigenvalue weighted by Crippen LogP contribution is -2.48. The number of nitrogens with zero attached hydrogens (tertiary/aromatic N) is 2. The van der Waals surface area contributed by atoms with E-state index in [0.29, 0.717) is 5.69 Å². The molecule has 22 heavy (non-hydrogen) atoms. The predicted molar refractivity (Wildman–Crippen MR) is 75.9 cm³/mol. The molecule has 0 fully saturated rings. The first-order chi connectivity index (χ1) is 10.6. The van der Waals surface area contributed by atoms with Crippen LogP contribution in [-0.4, -0.2) is 38.1 Å². The van der Waals surface area contributed by atoms with E-state index in [2.05, 4.69) is 9.97 Å². The first kappa shape index (κ1) is 14.1. The van der Waals surface area contributed by atoms with E-state index in [1.54, 1.807) is 0 Å². The number of ether oxygens (including phenoxy) is 1. The van der Waals surface area contributed by atoms with Crippen molar-refractivity contribution in [1.29, 1.82) is 0 Å². The Hall–Kier alpha value is -2.83. The minimum atomic E-state index is -1.06. The maximum absolute atomic E-state index is 12.2. The number of fused-ring (bicyclic) bond motifs is 1. The number of H-pyrrole nitrogens is 1. The first-order valence-corrected chi connectivity index (χ1v) is 6.86. The van der Waals surface area contributed by atoms with Crippen LogP contribution in [0.25, 0.3) is 0 Å². The van der Waals surface area contributed by atoms with E-state index in [1.165, 1.54) is 11.2 Å². The number of carboxylic acids is 1. The molecular weight excluding hydrogens is 286 g/mol. The van der Waals surface area contributed by atoms with Gasteiger partial charge >= 0.3 is 12.1 Å². The highest BCUT2D eigenvalue weighted by Gasteiger charge is 2.36. The second-order valence-electron chi connectivity index (χ2n) is 5.05. The topological polar surface area (TPSA) is 95.5 Å². The molecule has 1 amide bonds. The van der Waals surface area contributed by atoms with Crippen molar-refractivity contribution < 1.29 is 19.4 Å². The van der Waals surface area contributed by atoms with Crippen LogP contribution >= 0.6 is 0 Å². The number of carbonyl (C=O) groups is 2. The van der Waals surface area contributed by atoms with Gasteiger partial charge in [0.25, 0.3) is 0 Å². The summed E-state index contributed by atoms with van der Waals surface area (Å²) >= 11 is 0. The van der Waals surface area contributed by atoms with Gasteiger partial charge in [-0.2, -0.15) is 0 Å². The summed E-state index contributed by atoms with van der Waals surface area (Å²) in [5.41, 5.74) is 2.27. The van der Waals surface area contributed by atoms with Crippen LogP contribution in [0.2, 0.25) is 0 Å². The Morgan fingerprint density at radius 2 is 2.14 bits per heavy atom. The molecule has 1 aromatic heterocycles. The van der Waals surface area contributed by atoms with Crippen LogP contribution in [0.3, 0.4) is 0 Å². The summed E-state index contributed by atoms with van der Waals surface area (Å²) in [5, 5.41) is 9.32. The van der Waals surface area contributed by atoms with Gasteiger partial charge in [0.1, 0.15) is 12.6 Å². The molecule has 7 nitrogen and oxygen atoms in total. The molecule has 3 rings (SSSR count). The number of aromatic nitrogens is 2. The third kappa shape index (κ3) is 2.78. The SMILES string of the molecule is O=C(O)[C@H]1Cc2nc[nH]c2CN1C(=O)OCc1ccccc1. The van der Waals surface area contributed by atoms with Crippen LogP contribution in [0, 0.1) is 0 Å². The summed E-state index contributed by atoms with van der Waals surface area (Å²) < 4.78 is 5.23. The molecular formula is C15H15N3O4. The van der Waals surface area contributed by atoms with Crippen molar-refractivity contribution >= 4 is 12.1 Å². The Bertz CT molecular complexity index is 683. The minimum absolute atomic E-state index is 0.109. The van der Waals surface area contributed by atoms with Gasteiger partial charge in [0.05, 0.1) is 24.3 Å². The van der Waals surface area contributed by atoms with Gasteiger partial charge < -0.3 is 14.8 Å². The predicted octanol–water partition coefficient (Wildman–Crippen LogP) is 1.56. The molecule has 0 saturated heterocycles. The van der Waals surface area contributed by atoms with Crippen LogP contribution in [0.5, 0.6) is 0 Å². The number of aromatic amines is 1. The average molecular weight is 301 g/mol. The second-order valence-corrected chi connectivity index (χ2v) is 5.05. The van der Waals surface area contributed by atoms with Crippen molar-refractivity contribution in [2.24, 2.45) is 0 Å². The van der Waals surface area contributed by atoms with Crippen LogP contribution in [-0.2, 0) is 29.1 Å². The fraction of sp³-hybridized carbons (Fsp3) is 0.267. The lowest BCUT2D eigenvalue weighted by molar-refractivity contribution is -0.143. The maximum Gasteiger partial charge on any atom is 0.411 e. The van der Waals surface area contributed by atoms with E-state index >= 15 is 0 Å². The normalized spacial score (nSPS) is 16.9. The zero-order valence-electron chi connectivity index (χ0n) is 11.7. The van der Waals surface area contributed by atoms with Gasteiger partial charge in [0.2, 0.25) is 0 Å². The van der Waals surface area contributed by atoms with Gasteiger partial charge in [-0.05, 0) is 5.56 Å². The molecule has 0 spiro atoms. The van der Waals surface area contributed by atoms with E-state index in [4.69, 9.17) is 4.74 Å². The molecule has 0 saturated carbocycles. The Labute approximate surface area is 126 Å². The van der Waals surface area contributed by atoms with E-state index in [0.717, 1.165) is 11.3 Å². The molecule has 2 N–H and O–H groups in total. The number of rotatable bonds is 3. The Morgan fingerprint density at radius 3 is 2.86 bits per heavy atom. The van der Waals surface area contributed by atoms with Crippen LogP contribution in [0.15, 0.2) is 36.7 Å². The third-order valence-corrected chi connectivity index (χ3v) is 3.62. The largest absolute Gasteiger partial charge is 0.480 e. The fourth-order valence-corrected chi connectivity index (χ4v) is 2.45. The molecule has 0 radical (unpaired) electrons.